The van der Waals surface area contributed by atoms with Crippen LogP contribution in [0.5, 0.6) is 0 Å². The van der Waals surface area contributed by atoms with E-state index in [9.17, 15) is 0 Å². The first kappa shape index (κ1) is 12.4. The Morgan fingerprint density at radius 1 is 1.24 bits per heavy atom. The molecule has 0 unspecified atom stereocenters. The van der Waals surface area contributed by atoms with Gasteiger partial charge in [-0.15, -0.1) is 0 Å². The maximum absolute atomic E-state index is 5.39. The monoisotopic (exact) mass is 248 g/mol. The molecule has 0 bridgehead atoms. The van der Waals surface area contributed by atoms with Crippen molar-refractivity contribution in [3.63, 3.8) is 0 Å². The molecule has 1 aliphatic carbocycles. The lowest BCUT2D eigenvalue weighted by Gasteiger charge is -2.30. The van der Waals surface area contributed by atoms with Gasteiger partial charge in [0.05, 0.1) is 0 Å². The summed E-state index contributed by atoms with van der Waals surface area (Å²) in [5, 5.41) is 7.51. The van der Waals surface area contributed by atoms with Crippen molar-refractivity contribution in [1.82, 2.24) is 5.32 Å². The van der Waals surface area contributed by atoms with Crippen LogP contribution >= 0.6 is 12.2 Å². The third-order valence-corrected chi connectivity index (χ3v) is 3.85. The SMILES string of the molecule is CCC1(NC(=S)Nc2ccccc2)CCCC1. The minimum absolute atomic E-state index is 0.235. The van der Waals surface area contributed by atoms with Gasteiger partial charge in [-0.2, -0.15) is 0 Å². The summed E-state index contributed by atoms with van der Waals surface area (Å²) in [4.78, 5) is 0. The van der Waals surface area contributed by atoms with E-state index in [-0.39, 0.29) is 5.54 Å². The molecule has 0 spiro atoms. The van der Waals surface area contributed by atoms with Crippen molar-refractivity contribution in [3.05, 3.63) is 30.3 Å². The Balaban J connectivity index is 1.93. The van der Waals surface area contributed by atoms with Gasteiger partial charge in [0.1, 0.15) is 0 Å². The zero-order chi connectivity index (χ0) is 12.1. The molecule has 1 fully saturated rings. The van der Waals surface area contributed by atoms with E-state index in [0.717, 1.165) is 17.2 Å². The molecule has 3 heteroatoms. The van der Waals surface area contributed by atoms with E-state index in [0.29, 0.717) is 0 Å². The Bertz CT molecular complexity index is 369. The molecule has 1 aliphatic rings. The Kier molecular flexibility index (Phi) is 4.00. The zero-order valence-corrected chi connectivity index (χ0v) is 11.1. The molecule has 2 nitrogen and oxygen atoms in total. The second-order valence-electron chi connectivity index (χ2n) is 4.79. The third-order valence-electron chi connectivity index (χ3n) is 3.65. The third kappa shape index (κ3) is 3.19. The summed E-state index contributed by atoms with van der Waals surface area (Å²) in [5.74, 6) is 0. The van der Waals surface area contributed by atoms with E-state index in [1.165, 1.54) is 25.7 Å². The summed E-state index contributed by atoms with van der Waals surface area (Å²) in [6.45, 7) is 2.24. The lowest BCUT2D eigenvalue weighted by Crippen LogP contribution is -2.47. The highest BCUT2D eigenvalue weighted by molar-refractivity contribution is 7.80. The van der Waals surface area contributed by atoms with Crippen molar-refractivity contribution in [2.45, 2.75) is 44.6 Å². The molecule has 1 saturated carbocycles. The lowest BCUT2D eigenvalue weighted by molar-refractivity contribution is 0.378. The van der Waals surface area contributed by atoms with Crippen molar-refractivity contribution < 1.29 is 0 Å². The molecule has 0 aliphatic heterocycles. The summed E-state index contributed by atoms with van der Waals surface area (Å²) >= 11 is 5.39. The number of rotatable bonds is 3. The van der Waals surface area contributed by atoms with Gasteiger partial charge in [-0.25, -0.2) is 0 Å². The zero-order valence-electron chi connectivity index (χ0n) is 10.3. The van der Waals surface area contributed by atoms with Gasteiger partial charge in [0.25, 0.3) is 0 Å². The second-order valence-corrected chi connectivity index (χ2v) is 5.19. The molecule has 0 heterocycles. The smallest absolute Gasteiger partial charge is 0.171 e. The summed E-state index contributed by atoms with van der Waals surface area (Å²) in [6, 6.07) is 10.1. The quantitative estimate of drug-likeness (QED) is 0.798. The maximum Gasteiger partial charge on any atom is 0.171 e. The van der Waals surface area contributed by atoms with Crippen LogP contribution in [0, 0.1) is 0 Å². The van der Waals surface area contributed by atoms with E-state index >= 15 is 0 Å². The molecular weight excluding hydrogens is 228 g/mol. The average Bonchev–Trinajstić information content (AvgIpc) is 2.79. The van der Waals surface area contributed by atoms with Crippen LogP contribution in [-0.4, -0.2) is 10.7 Å². The standard InChI is InChI=1S/C14H20N2S/c1-2-14(10-6-7-11-14)16-13(17)15-12-8-4-3-5-9-12/h3-5,8-9H,2,6-7,10-11H2,1H3,(H2,15,16,17). The molecule has 2 rings (SSSR count). The van der Waals surface area contributed by atoms with Gasteiger partial charge >= 0.3 is 0 Å². The summed E-state index contributed by atoms with van der Waals surface area (Å²) in [6.07, 6.45) is 6.24. The second kappa shape index (κ2) is 5.50. The van der Waals surface area contributed by atoms with Crippen LogP contribution in [0.4, 0.5) is 5.69 Å². The van der Waals surface area contributed by atoms with Crippen molar-refractivity contribution in [2.24, 2.45) is 0 Å². The number of para-hydroxylation sites is 1. The van der Waals surface area contributed by atoms with Crippen LogP contribution in [0.3, 0.4) is 0 Å². The fraction of sp³-hybridized carbons (Fsp3) is 0.500. The lowest BCUT2D eigenvalue weighted by atomic mass is 9.95. The normalized spacial score (nSPS) is 17.7. The van der Waals surface area contributed by atoms with Gasteiger partial charge in [0.2, 0.25) is 0 Å². The minimum Gasteiger partial charge on any atom is -0.357 e. The fourth-order valence-electron chi connectivity index (χ4n) is 2.54. The van der Waals surface area contributed by atoms with E-state index in [1.54, 1.807) is 0 Å². The van der Waals surface area contributed by atoms with E-state index < -0.39 is 0 Å². The van der Waals surface area contributed by atoms with Crippen molar-refractivity contribution >= 4 is 23.0 Å². The van der Waals surface area contributed by atoms with Gasteiger partial charge in [-0.05, 0) is 43.6 Å². The highest BCUT2D eigenvalue weighted by Crippen LogP contribution is 2.32. The van der Waals surface area contributed by atoms with Gasteiger partial charge in [0, 0.05) is 11.2 Å². The summed E-state index contributed by atoms with van der Waals surface area (Å²) < 4.78 is 0. The van der Waals surface area contributed by atoms with Crippen molar-refractivity contribution in [2.75, 3.05) is 5.32 Å². The predicted molar refractivity (Wildman–Crippen MR) is 77.3 cm³/mol. The molecule has 2 N–H and O–H groups in total. The molecule has 1 aromatic rings. The molecule has 0 saturated heterocycles. The van der Waals surface area contributed by atoms with Crippen LogP contribution in [0.15, 0.2) is 30.3 Å². The van der Waals surface area contributed by atoms with Gasteiger partial charge < -0.3 is 10.6 Å². The Morgan fingerprint density at radius 2 is 1.88 bits per heavy atom. The first-order valence-corrected chi connectivity index (χ1v) is 6.79. The van der Waals surface area contributed by atoms with Crippen molar-refractivity contribution in [3.8, 4) is 0 Å². The van der Waals surface area contributed by atoms with Gasteiger partial charge in [-0.1, -0.05) is 38.0 Å². The van der Waals surface area contributed by atoms with Gasteiger partial charge in [0.15, 0.2) is 5.11 Å². The molecule has 0 aromatic heterocycles. The highest BCUT2D eigenvalue weighted by atomic mass is 32.1. The van der Waals surface area contributed by atoms with Crippen molar-refractivity contribution in [1.29, 1.82) is 0 Å². The highest BCUT2D eigenvalue weighted by Gasteiger charge is 2.32. The predicted octanol–water partition coefficient (Wildman–Crippen LogP) is 3.70. The van der Waals surface area contributed by atoms with Crippen LogP contribution in [0.25, 0.3) is 0 Å². The van der Waals surface area contributed by atoms with E-state index in [4.69, 9.17) is 12.2 Å². The first-order valence-electron chi connectivity index (χ1n) is 6.38. The van der Waals surface area contributed by atoms with Crippen LogP contribution in [0.1, 0.15) is 39.0 Å². The average molecular weight is 248 g/mol. The Labute approximate surface area is 109 Å². The topological polar surface area (TPSA) is 24.1 Å². The largest absolute Gasteiger partial charge is 0.357 e. The minimum atomic E-state index is 0.235. The van der Waals surface area contributed by atoms with Crippen LogP contribution in [-0.2, 0) is 0 Å². The molecule has 0 amide bonds. The maximum atomic E-state index is 5.39. The number of hydrogen-bond donors (Lipinski definition) is 2. The molecule has 0 atom stereocenters. The molecular formula is C14H20N2S. The van der Waals surface area contributed by atoms with Gasteiger partial charge in [-0.3, -0.25) is 0 Å². The molecule has 0 radical (unpaired) electrons. The number of benzene rings is 1. The molecule has 1 aromatic carbocycles. The number of thiocarbonyl (C=S) groups is 1. The fourth-order valence-corrected chi connectivity index (χ4v) is 2.88. The Hall–Kier alpha value is -1.09. The summed E-state index contributed by atoms with van der Waals surface area (Å²) in [7, 11) is 0. The Morgan fingerprint density at radius 3 is 2.47 bits per heavy atom. The van der Waals surface area contributed by atoms with Crippen LogP contribution in [0.2, 0.25) is 0 Å². The number of hydrogen-bond acceptors (Lipinski definition) is 1. The molecule has 17 heavy (non-hydrogen) atoms. The van der Waals surface area contributed by atoms with Crippen LogP contribution < -0.4 is 10.6 Å². The summed E-state index contributed by atoms with van der Waals surface area (Å²) in [5.41, 5.74) is 1.29. The number of nitrogens with one attached hydrogen (secondary N) is 2. The molecule has 92 valence electrons. The van der Waals surface area contributed by atoms with E-state index in [1.807, 2.05) is 30.3 Å². The number of anilines is 1. The first-order chi connectivity index (χ1) is 8.24. The van der Waals surface area contributed by atoms with E-state index in [2.05, 4.69) is 17.6 Å².